The van der Waals surface area contributed by atoms with Gasteiger partial charge < -0.3 is 10.1 Å². The molecule has 2 atom stereocenters. The van der Waals surface area contributed by atoms with Gasteiger partial charge in [-0.15, -0.1) is 0 Å². The summed E-state index contributed by atoms with van der Waals surface area (Å²) >= 11 is 3.59. The molecule has 0 saturated heterocycles. The highest BCUT2D eigenvalue weighted by Gasteiger charge is 2.23. The van der Waals surface area contributed by atoms with Gasteiger partial charge in [-0.05, 0) is 37.1 Å². The number of hydrogen-bond acceptors (Lipinski definition) is 2. The van der Waals surface area contributed by atoms with Gasteiger partial charge >= 0.3 is 0 Å². The molecular formula is C17H28BrNO. The summed E-state index contributed by atoms with van der Waals surface area (Å²) in [7, 11) is 1.75. The van der Waals surface area contributed by atoms with E-state index in [1.165, 1.54) is 31.2 Å². The summed E-state index contributed by atoms with van der Waals surface area (Å²) in [5.74, 6) is 1.63. The van der Waals surface area contributed by atoms with Crippen LogP contribution in [-0.4, -0.2) is 13.7 Å². The van der Waals surface area contributed by atoms with Crippen molar-refractivity contribution in [2.75, 3.05) is 13.7 Å². The van der Waals surface area contributed by atoms with Crippen LogP contribution in [0, 0.1) is 5.92 Å². The lowest BCUT2D eigenvalue weighted by Crippen LogP contribution is -2.28. The number of benzene rings is 1. The maximum absolute atomic E-state index is 5.57. The third-order valence-electron chi connectivity index (χ3n) is 3.88. The predicted molar refractivity (Wildman–Crippen MR) is 90.4 cm³/mol. The van der Waals surface area contributed by atoms with Gasteiger partial charge in [0.05, 0.1) is 7.11 Å². The number of methoxy groups -OCH3 is 1. The number of unbranched alkanes of at least 4 members (excludes halogenated alkanes) is 1. The van der Waals surface area contributed by atoms with Crippen LogP contribution in [0.3, 0.4) is 0 Å². The Morgan fingerprint density at radius 1 is 1.25 bits per heavy atom. The number of rotatable bonds is 9. The molecule has 1 aromatic carbocycles. The van der Waals surface area contributed by atoms with E-state index < -0.39 is 0 Å². The highest BCUT2D eigenvalue weighted by atomic mass is 79.9. The van der Waals surface area contributed by atoms with E-state index in [1.54, 1.807) is 7.11 Å². The lowest BCUT2D eigenvalue weighted by molar-refractivity contribution is 0.315. The van der Waals surface area contributed by atoms with Crippen LogP contribution in [0.5, 0.6) is 5.75 Å². The van der Waals surface area contributed by atoms with Crippen LogP contribution in [0.15, 0.2) is 22.7 Å². The van der Waals surface area contributed by atoms with Crippen molar-refractivity contribution >= 4 is 15.9 Å². The molecule has 0 spiro atoms. The van der Waals surface area contributed by atoms with Crippen LogP contribution in [0.2, 0.25) is 0 Å². The largest absolute Gasteiger partial charge is 0.496 e. The summed E-state index contributed by atoms with van der Waals surface area (Å²) in [6, 6.07) is 6.65. The zero-order valence-electron chi connectivity index (χ0n) is 13.2. The first-order valence-electron chi connectivity index (χ1n) is 7.74. The monoisotopic (exact) mass is 341 g/mol. The van der Waals surface area contributed by atoms with Gasteiger partial charge in [0, 0.05) is 16.1 Å². The first kappa shape index (κ1) is 17.5. The molecule has 0 saturated carbocycles. The highest BCUT2D eigenvalue weighted by Crippen LogP contribution is 2.36. The summed E-state index contributed by atoms with van der Waals surface area (Å²) in [6.07, 6.45) is 5.00. The van der Waals surface area contributed by atoms with E-state index in [-0.39, 0.29) is 0 Å². The first-order chi connectivity index (χ1) is 9.67. The van der Waals surface area contributed by atoms with Crippen LogP contribution < -0.4 is 10.1 Å². The van der Waals surface area contributed by atoms with Crippen LogP contribution in [0.25, 0.3) is 0 Å². The van der Waals surface area contributed by atoms with E-state index in [1.807, 2.05) is 6.07 Å². The zero-order chi connectivity index (χ0) is 15.0. The minimum absolute atomic E-state index is 0.365. The zero-order valence-corrected chi connectivity index (χ0v) is 14.8. The second-order valence-corrected chi connectivity index (χ2v) is 6.15. The van der Waals surface area contributed by atoms with E-state index in [4.69, 9.17) is 4.74 Å². The molecule has 1 rings (SSSR count). The quantitative estimate of drug-likeness (QED) is 0.655. The van der Waals surface area contributed by atoms with Crippen molar-refractivity contribution in [3.05, 3.63) is 28.2 Å². The molecule has 0 aliphatic carbocycles. The Kier molecular flexibility index (Phi) is 8.24. The molecule has 2 nitrogen and oxygen atoms in total. The minimum Gasteiger partial charge on any atom is -0.496 e. The lowest BCUT2D eigenvalue weighted by Gasteiger charge is -2.29. The lowest BCUT2D eigenvalue weighted by atomic mass is 9.86. The smallest absolute Gasteiger partial charge is 0.123 e. The van der Waals surface area contributed by atoms with Crippen molar-refractivity contribution in [3.8, 4) is 5.75 Å². The van der Waals surface area contributed by atoms with Gasteiger partial charge in [0.2, 0.25) is 0 Å². The summed E-state index contributed by atoms with van der Waals surface area (Å²) in [4.78, 5) is 0. The number of halogens is 1. The molecule has 0 heterocycles. The molecule has 1 aromatic rings. The molecule has 3 heteroatoms. The normalized spacial score (nSPS) is 14.1. The Labute approximate surface area is 132 Å². The number of nitrogens with one attached hydrogen (secondary N) is 1. The second kappa shape index (κ2) is 9.41. The minimum atomic E-state index is 0.365. The van der Waals surface area contributed by atoms with Crippen molar-refractivity contribution in [2.45, 2.75) is 52.5 Å². The van der Waals surface area contributed by atoms with Gasteiger partial charge in [-0.3, -0.25) is 0 Å². The molecule has 1 N–H and O–H groups in total. The van der Waals surface area contributed by atoms with Gasteiger partial charge in [0.1, 0.15) is 5.75 Å². The highest BCUT2D eigenvalue weighted by molar-refractivity contribution is 9.10. The molecular weight excluding hydrogens is 314 g/mol. The van der Waals surface area contributed by atoms with Crippen LogP contribution in [0.4, 0.5) is 0 Å². The summed E-state index contributed by atoms with van der Waals surface area (Å²) < 4.78 is 6.68. The van der Waals surface area contributed by atoms with Crippen molar-refractivity contribution in [2.24, 2.45) is 5.92 Å². The van der Waals surface area contributed by atoms with E-state index in [0.29, 0.717) is 12.0 Å². The fraction of sp³-hybridized carbons (Fsp3) is 0.647. The first-order valence-corrected chi connectivity index (χ1v) is 8.53. The van der Waals surface area contributed by atoms with Crippen LogP contribution in [-0.2, 0) is 0 Å². The van der Waals surface area contributed by atoms with Gasteiger partial charge in [-0.2, -0.15) is 0 Å². The molecule has 0 bridgehead atoms. The second-order valence-electron chi connectivity index (χ2n) is 5.23. The van der Waals surface area contributed by atoms with Crippen molar-refractivity contribution in [1.82, 2.24) is 5.32 Å². The Morgan fingerprint density at radius 3 is 2.55 bits per heavy atom. The van der Waals surface area contributed by atoms with Crippen LogP contribution in [0.1, 0.15) is 58.1 Å². The van der Waals surface area contributed by atoms with Gasteiger partial charge in [0.15, 0.2) is 0 Å². The van der Waals surface area contributed by atoms with Crippen LogP contribution >= 0.6 is 15.9 Å². The standard InChI is InChI=1S/C17H28BrNO/c1-5-8-9-13(6-2)17(19-7-3)15-12-14(18)10-11-16(15)20-4/h10-13,17,19H,5-9H2,1-4H3. The third kappa shape index (κ3) is 4.78. The van der Waals surface area contributed by atoms with Crippen molar-refractivity contribution in [1.29, 1.82) is 0 Å². The van der Waals surface area contributed by atoms with Crippen molar-refractivity contribution in [3.63, 3.8) is 0 Å². The van der Waals surface area contributed by atoms with Gasteiger partial charge in [-0.25, -0.2) is 0 Å². The molecule has 2 unspecified atom stereocenters. The Balaban J connectivity index is 3.07. The number of ether oxygens (including phenoxy) is 1. The van der Waals surface area contributed by atoms with E-state index in [2.05, 4.69) is 54.2 Å². The Bertz CT molecular complexity index is 395. The Morgan fingerprint density at radius 2 is 2.00 bits per heavy atom. The fourth-order valence-electron chi connectivity index (χ4n) is 2.77. The molecule has 20 heavy (non-hydrogen) atoms. The van der Waals surface area contributed by atoms with Gasteiger partial charge in [0.25, 0.3) is 0 Å². The molecule has 0 fully saturated rings. The Hall–Kier alpha value is -0.540. The fourth-order valence-corrected chi connectivity index (χ4v) is 3.15. The SMILES string of the molecule is CCCCC(CC)C(NCC)c1cc(Br)ccc1OC. The molecule has 0 aromatic heterocycles. The average Bonchev–Trinajstić information content (AvgIpc) is 2.46. The van der Waals surface area contributed by atoms with E-state index in [0.717, 1.165) is 16.8 Å². The number of hydrogen-bond donors (Lipinski definition) is 1. The van der Waals surface area contributed by atoms with Crippen molar-refractivity contribution < 1.29 is 4.74 Å². The summed E-state index contributed by atoms with van der Waals surface area (Å²) in [5, 5.41) is 3.66. The molecule has 114 valence electrons. The molecule has 0 aliphatic heterocycles. The van der Waals surface area contributed by atoms with E-state index >= 15 is 0 Å². The summed E-state index contributed by atoms with van der Waals surface area (Å²) in [6.45, 7) is 7.69. The molecule has 0 amide bonds. The molecule has 0 radical (unpaired) electrons. The predicted octanol–water partition coefficient (Wildman–Crippen LogP) is 5.32. The topological polar surface area (TPSA) is 21.3 Å². The van der Waals surface area contributed by atoms with E-state index in [9.17, 15) is 0 Å². The maximum Gasteiger partial charge on any atom is 0.123 e. The third-order valence-corrected chi connectivity index (χ3v) is 4.37. The van der Waals surface area contributed by atoms with Gasteiger partial charge in [-0.1, -0.05) is 56.0 Å². The summed E-state index contributed by atoms with van der Waals surface area (Å²) in [5.41, 5.74) is 1.27. The average molecular weight is 342 g/mol. The molecule has 0 aliphatic rings. The maximum atomic E-state index is 5.57.